The van der Waals surface area contributed by atoms with Crippen molar-refractivity contribution in [2.24, 2.45) is 0 Å². The molecular weight excluding hydrogens is 282 g/mol. The van der Waals surface area contributed by atoms with Crippen LogP contribution in [0.2, 0.25) is 0 Å². The van der Waals surface area contributed by atoms with Gasteiger partial charge in [0.05, 0.1) is 11.4 Å². The van der Waals surface area contributed by atoms with E-state index >= 15 is 0 Å². The lowest BCUT2D eigenvalue weighted by Gasteiger charge is -2.35. The molecule has 0 saturated carbocycles. The van der Waals surface area contributed by atoms with Gasteiger partial charge in [0.1, 0.15) is 6.04 Å². The SMILES string of the molecule is CCN(CC)CCN1C(=O)C(C)Nc2cc3c(cc21)OCO3. The normalized spacial score (nSPS) is 19.4. The Kier molecular flexibility index (Phi) is 4.11. The molecule has 2 aliphatic rings. The molecule has 1 aromatic carbocycles. The monoisotopic (exact) mass is 305 g/mol. The van der Waals surface area contributed by atoms with Gasteiger partial charge in [0.25, 0.3) is 0 Å². The Morgan fingerprint density at radius 1 is 1.27 bits per heavy atom. The van der Waals surface area contributed by atoms with Crippen LogP contribution in [0, 0.1) is 0 Å². The molecule has 3 rings (SSSR count). The van der Waals surface area contributed by atoms with Crippen LogP contribution in [0.4, 0.5) is 11.4 Å². The number of ether oxygens (including phenoxy) is 2. The van der Waals surface area contributed by atoms with Crippen LogP contribution >= 0.6 is 0 Å². The highest BCUT2D eigenvalue weighted by molar-refractivity contribution is 6.05. The molecule has 0 spiro atoms. The van der Waals surface area contributed by atoms with E-state index in [1.54, 1.807) is 0 Å². The Hall–Kier alpha value is -1.95. The highest BCUT2D eigenvalue weighted by Gasteiger charge is 2.32. The molecular formula is C16H23N3O3. The van der Waals surface area contributed by atoms with Crippen molar-refractivity contribution >= 4 is 17.3 Å². The van der Waals surface area contributed by atoms with E-state index in [1.165, 1.54) is 0 Å². The third-order valence-electron chi connectivity index (χ3n) is 4.32. The van der Waals surface area contributed by atoms with Crippen molar-refractivity contribution in [2.45, 2.75) is 26.8 Å². The molecule has 1 aromatic rings. The van der Waals surface area contributed by atoms with Crippen molar-refractivity contribution < 1.29 is 14.3 Å². The smallest absolute Gasteiger partial charge is 0.249 e. The molecule has 2 heterocycles. The molecule has 6 nitrogen and oxygen atoms in total. The number of nitrogens with zero attached hydrogens (tertiary/aromatic N) is 2. The molecule has 0 saturated heterocycles. The van der Waals surface area contributed by atoms with Crippen molar-refractivity contribution in [3.63, 3.8) is 0 Å². The van der Waals surface area contributed by atoms with Gasteiger partial charge in [-0.1, -0.05) is 13.8 Å². The first-order valence-electron chi connectivity index (χ1n) is 7.88. The average Bonchev–Trinajstić information content (AvgIpc) is 2.97. The van der Waals surface area contributed by atoms with E-state index in [9.17, 15) is 4.79 Å². The summed E-state index contributed by atoms with van der Waals surface area (Å²) in [5, 5.41) is 3.24. The van der Waals surface area contributed by atoms with E-state index in [4.69, 9.17) is 9.47 Å². The predicted molar refractivity (Wildman–Crippen MR) is 85.8 cm³/mol. The van der Waals surface area contributed by atoms with E-state index in [2.05, 4.69) is 24.1 Å². The van der Waals surface area contributed by atoms with Gasteiger partial charge in [0, 0.05) is 25.2 Å². The van der Waals surface area contributed by atoms with Crippen LogP contribution in [0.5, 0.6) is 11.5 Å². The summed E-state index contributed by atoms with van der Waals surface area (Å²) in [6.45, 7) is 9.91. The van der Waals surface area contributed by atoms with Crippen molar-refractivity contribution in [3.8, 4) is 11.5 Å². The second-order valence-corrected chi connectivity index (χ2v) is 5.61. The third kappa shape index (κ3) is 2.59. The fourth-order valence-electron chi connectivity index (χ4n) is 2.93. The minimum absolute atomic E-state index is 0.0959. The molecule has 120 valence electrons. The van der Waals surface area contributed by atoms with Crippen LogP contribution in [0.3, 0.4) is 0 Å². The van der Waals surface area contributed by atoms with Crippen LogP contribution in [0.15, 0.2) is 12.1 Å². The molecule has 1 unspecified atom stereocenters. The number of fused-ring (bicyclic) bond motifs is 2. The minimum Gasteiger partial charge on any atom is -0.454 e. The minimum atomic E-state index is -0.232. The van der Waals surface area contributed by atoms with E-state index in [-0.39, 0.29) is 18.7 Å². The van der Waals surface area contributed by atoms with Crippen LogP contribution in [-0.2, 0) is 4.79 Å². The van der Waals surface area contributed by atoms with Gasteiger partial charge in [-0.25, -0.2) is 0 Å². The Balaban J connectivity index is 1.87. The summed E-state index contributed by atoms with van der Waals surface area (Å²) in [7, 11) is 0. The molecule has 0 aromatic heterocycles. The number of hydrogen-bond donors (Lipinski definition) is 1. The quantitative estimate of drug-likeness (QED) is 0.900. The number of nitrogens with one attached hydrogen (secondary N) is 1. The highest BCUT2D eigenvalue weighted by Crippen LogP contribution is 2.43. The molecule has 2 aliphatic heterocycles. The lowest BCUT2D eigenvalue weighted by molar-refractivity contribution is -0.119. The number of rotatable bonds is 5. The van der Waals surface area contributed by atoms with Crippen molar-refractivity contribution in [3.05, 3.63) is 12.1 Å². The Bertz CT molecular complexity index is 572. The number of amides is 1. The van der Waals surface area contributed by atoms with Crippen LogP contribution in [-0.4, -0.2) is 49.8 Å². The molecule has 1 amide bonds. The van der Waals surface area contributed by atoms with Crippen molar-refractivity contribution in [1.29, 1.82) is 0 Å². The molecule has 1 atom stereocenters. The summed E-state index contributed by atoms with van der Waals surface area (Å²) >= 11 is 0. The van der Waals surface area contributed by atoms with Crippen LogP contribution in [0.25, 0.3) is 0 Å². The fourth-order valence-corrected chi connectivity index (χ4v) is 2.93. The second kappa shape index (κ2) is 6.04. The zero-order chi connectivity index (χ0) is 15.7. The Labute approximate surface area is 131 Å². The summed E-state index contributed by atoms with van der Waals surface area (Å²) in [6.07, 6.45) is 0. The molecule has 0 aliphatic carbocycles. The van der Waals surface area contributed by atoms with Gasteiger partial charge in [-0.15, -0.1) is 0 Å². The lowest BCUT2D eigenvalue weighted by Crippen LogP contribution is -2.48. The maximum atomic E-state index is 12.6. The Morgan fingerprint density at radius 3 is 2.64 bits per heavy atom. The Morgan fingerprint density at radius 2 is 1.95 bits per heavy atom. The maximum absolute atomic E-state index is 12.6. The zero-order valence-electron chi connectivity index (χ0n) is 13.4. The summed E-state index contributed by atoms with van der Waals surface area (Å²) in [6, 6.07) is 3.59. The van der Waals surface area contributed by atoms with Crippen molar-refractivity contribution in [1.82, 2.24) is 4.90 Å². The van der Waals surface area contributed by atoms with E-state index in [1.807, 2.05) is 24.0 Å². The second-order valence-electron chi connectivity index (χ2n) is 5.61. The average molecular weight is 305 g/mol. The molecule has 0 radical (unpaired) electrons. The summed E-state index contributed by atoms with van der Waals surface area (Å²) < 4.78 is 10.9. The predicted octanol–water partition coefficient (Wildman–Crippen LogP) is 1.90. The van der Waals surface area contributed by atoms with E-state index < -0.39 is 0 Å². The van der Waals surface area contributed by atoms with Gasteiger partial charge in [-0.2, -0.15) is 0 Å². The number of carbonyl (C=O) groups excluding carboxylic acids is 1. The fraction of sp³-hybridized carbons (Fsp3) is 0.562. The molecule has 0 fully saturated rings. The van der Waals surface area contributed by atoms with Gasteiger partial charge < -0.3 is 24.6 Å². The summed E-state index contributed by atoms with van der Waals surface area (Å²) in [4.78, 5) is 16.7. The van der Waals surface area contributed by atoms with Gasteiger partial charge in [0.15, 0.2) is 11.5 Å². The molecule has 1 N–H and O–H groups in total. The summed E-state index contributed by atoms with van der Waals surface area (Å²) in [5.41, 5.74) is 1.80. The standard InChI is InChI=1S/C16H23N3O3/c1-4-18(5-2)6-7-19-13-9-15-14(21-10-22-15)8-12(13)17-11(3)16(19)20/h8-9,11,17H,4-7,10H2,1-3H3. The largest absolute Gasteiger partial charge is 0.454 e. The number of carbonyl (C=O) groups is 1. The molecule has 0 bridgehead atoms. The van der Waals surface area contributed by atoms with Crippen LogP contribution < -0.4 is 19.7 Å². The third-order valence-corrected chi connectivity index (χ3v) is 4.32. The number of likely N-dealkylation sites (N-methyl/N-ethyl adjacent to an activating group) is 1. The van der Waals surface area contributed by atoms with E-state index in [0.29, 0.717) is 12.3 Å². The number of benzene rings is 1. The van der Waals surface area contributed by atoms with Gasteiger partial charge in [-0.3, -0.25) is 4.79 Å². The van der Waals surface area contributed by atoms with E-state index in [0.717, 1.165) is 36.8 Å². The molecule has 6 heteroatoms. The first-order chi connectivity index (χ1) is 10.6. The van der Waals surface area contributed by atoms with Gasteiger partial charge >= 0.3 is 0 Å². The first kappa shape index (κ1) is 15.0. The van der Waals surface area contributed by atoms with Gasteiger partial charge in [0.2, 0.25) is 12.7 Å². The highest BCUT2D eigenvalue weighted by atomic mass is 16.7. The summed E-state index contributed by atoms with van der Waals surface area (Å²) in [5.74, 6) is 1.53. The zero-order valence-corrected chi connectivity index (χ0v) is 13.4. The molecule has 22 heavy (non-hydrogen) atoms. The topological polar surface area (TPSA) is 54.0 Å². The number of hydrogen-bond acceptors (Lipinski definition) is 5. The maximum Gasteiger partial charge on any atom is 0.249 e. The van der Waals surface area contributed by atoms with Crippen LogP contribution in [0.1, 0.15) is 20.8 Å². The number of anilines is 2. The first-order valence-corrected chi connectivity index (χ1v) is 7.88. The lowest BCUT2D eigenvalue weighted by atomic mass is 10.1. The van der Waals surface area contributed by atoms with Crippen molar-refractivity contribution in [2.75, 3.05) is 43.2 Å². The van der Waals surface area contributed by atoms with Gasteiger partial charge in [-0.05, 0) is 20.0 Å².